The molecule has 0 atom stereocenters. The quantitative estimate of drug-likeness (QED) is 0.756. The Morgan fingerprint density at radius 1 is 1.31 bits per heavy atom. The number of methoxy groups -OCH3 is 2. The fourth-order valence-electron chi connectivity index (χ4n) is 1.07. The van der Waals surface area contributed by atoms with Crippen molar-refractivity contribution >= 4 is 11.8 Å². The molecule has 0 unspecified atom stereocenters. The minimum absolute atomic E-state index is 0.564. The number of halogens is 1. The van der Waals surface area contributed by atoms with E-state index in [1.807, 2.05) is 18.2 Å². The molecule has 3 nitrogen and oxygen atoms in total. The molecule has 4 heteroatoms. The second kappa shape index (κ2) is 4.94. The highest BCUT2D eigenvalue weighted by atomic mass is 35.5. The third-order valence-corrected chi connectivity index (χ3v) is 1.89. The summed E-state index contributed by atoms with van der Waals surface area (Å²) in [5.74, 6) is 1.54. The Hall–Kier alpha value is -0.930. The van der Waals surface area contributed by atoms with Crippen molar-refractivity contribution in [2.24, 2.45) is 0 Å². The molecule has 0 heterocycles. The van der Waals surface area contributed by atoms with Crippen molar-refractivity contribution in [3.8, 4) is 11.5 Å². The van der Waals surface area contributed by atoms with Gasteiger partial charge in [0.1, 0.15) is 11.5 Å². The second-order valence-electron chi connectivity index (χ2n) is 2.49. The Labute approximate surface area is 82.7 Å². The van der Waals surface area contributed by atoms with E-state index in [-0.39, 0.29) is 0 Å². The van der Waals surface area contributed by atoms with Crippen LogP contribution in [0.25, 0.3) is 0 Å². The monoisotopic (exact) mass is 201 g/mol. The lowest BCUT2D eigenvalue weighted by Gasteiger charge is -2.08. The molecule has 0 fully saturated rings. The van der Waals surface area contributed by atoms with Gasteiger partial charge in [-0.3, -0.25) is 0 Å². The highest BCUT2D eigenvalue weighted by molar-refractivity contribution is 6.13. The zero-order chi connectivity index (χ0) is 9.68. The van der Waals surface area contributed by atoms with Gasteiger partial charge in [0.15, 0.2) is 0 Å². The van der Waals surface area contributed by atoms with Gasteiger partial charge in [0.25, 0.3) is 0 Å². The van der Waals surface area contributed by atoms with E-state index in [1.165, 1.54) is 0 Å². The molecule has 0 aromatic heterocycles. The summed E-state index contributed by atoms with van der Waals surface area (Å²) >= 11 is 5.40. The van der Waals surface area contributed by atoms with Gasteiger partial charge in [-0.15, -0.1) is 0 Å². The van der Waals surface area contributed by atoms with Crippen molar-refractivity contribution in [1.29, 1.82) is 0 Å². The maximum absolute atomic E-state index is 5.40. The van der Waals surface area contributed by atoms with Crippen LogP contribution in [0.15, 0.2) is 18.2 Å². The molecule has 1 rings (SSSR count). The van der Waals surface area contributed by atoms with Crippen molar-refractivity contribution in [3.63, 3.8) is 0 Å². The van der Waals surface area contributed by atoms with E-state index < -0.39 is 0 Å². The van der Waals surface area contributed by atoms with Gasteiger partial charge in [-0.1, -0.05) is 6.07 Å². The smallest absolute Gasteiger partial charge is 0.127 e. The van der Waals surface area contributed by atoms with E-state index in [0.29, 0.717) is 6.54 Å². The van der Waals surface area contributed by atoms with Gasteiger partial charge >= 0.3 is 0 Å². The molecule has 0 aliphatic heterocycles. The van der Waals surface area contributed by atoms with Crippen LogP contribution in [0.3, 0.4) is 0 Å². The fraction of sp³-hybridized carbons (Fsp3) is 0.333. The first-order valence-electron chi connectivity index (χ1n) is 3.86. The Morgan fingerprint density at radius 3 is 2.62 bits per heavy atom. The van der Waals surface area contributed by atoms with Gasteiger partial charge in [-0.2, -0.15) is 0 Å². The average Bonchev–Trinajstić information content (AvgIpc) is 2.19. The summed E-state index contributed by atoms with van der Waals surface area (Å²) in [5, 5.41) is 0. The standard InChI is InChI=1S/C9H12ClNO2/c1-12-8-4-3-7(6-11-10)9(5-8)13-2/h3-5,11H,6H2,1-2H3. The molecule has 0 aliphatic carbocycles. The molecule has 0 amide bonds. The van der Waals surface area contributed by atoms with Crippen molar-refractivity contribution in [2.75, 3.05) is 14.2 Å². The van der Waals surface area contributed by atoms with Crippen LogP contribution in [-0.2, 0) is 6.54 Å². The van der Waals surface area contributed by atoms with E-state index in [9.17, 15) is 0 Å². The minimum atomic E-state index is 0.564. The van der Waals surface area contributed by atoms with Crippen LogP contribution in [0.1, 0.15) is 5.56 Å². The van der Waals surface area contributed by atoms with Crippen molar-refractivity contribution in [3.05, 3.63) is 23.8 Å². The molecule has 1 N–H and O–H groups in total. The predicted molar refractivity (Wildman–Crippen MR) is 52.2 cm³/mol. The van der Waals surface area contributed by atoms with Gasteiger partial charge in [-0.05, 0) is 17.8 Å². The fourth-order valence-corrected chi connectivity index (χ4v) is 1.21. The van der Waals surface area contributed by atoms with E-state index in [0.717, 1.165) is 17.1 Å². The van der Waals surface area contributed by atoms with Crippen LogP contribution >= 0.6 is 11.8 Å². The third-order valence-electron chi connectivity index (χ3n) is 1.75. The molecule has 13 heavy (non-hydrogen) atoms. The molecule has 0 saturated carbocycles. The van der Waals surface area contributed by atoms with Crippen LogP contribution in [-0.4, -0.2) is 14.2 Å². The lowest BCUT2D eigenvalue weighted by molar-refractivity contribution is 0.391. The summed E-state index contributed by atoms with van der Waals surface area (Å²) in [4.78, 5) is 2.55. The highest BCUT2D eigenvalue weighted by Gasteiger charge is 2.03. The SMILES string of the molecule is COc1ccc(CNCl)c(OC)c1. The molecule has 0 radical (unpaired) electrons. The lowest BCUT2D eigenvalue weighted by atomic mass is 10.2. The maximum Gasteiger partial charge on any atom is 0.127 e. The van der Waals surface area contributed by atoms with Crippen LogP contribution < -0.4 is 14.3 Å². The van der Waals surface area contributed by atoms with Crippen LogP contribution in [0, 0.1) is 0 Å². The maximum atomic E-state index is 5.40. The average molecular weight is 202 g/mol. The summed E-state index contributed by atoms with van der Waals surface area (Å²) in [6, 6.07) is 5.60. The molecule has 1 aromatic carbocycles. The molecular formula is C9H12ClNO2. The second-order valence-corrected chi connectivity index (χ2v) is 2.76. The zero-order valence-corrected chi connectivity index (χ0v) is 8.39. The van der Waals surface area contributed by atoms with Crippen LogP contribution in [0.5, 0.6) is 11.5 Å². The summed E-state index contributed by atoms with van der Waals surface area (Å²) in [7, 11) is 3.24. The van der Waals surface area contributed by atoms with Crippen molar-refractivity contribution < 1.29 is 9.47 Å². The summed E-state index contributed by atoms with van der Waals surface area (Å²) in [6.45, 7) is 0.564. The van der Waals surface area contributed by atoms with Gasteiger partial charge < -0.3 is 9.47 Å². The van der Waals surface area contributed by atoms with Gasteiger partial charge in [0.2, 0.25) is 0 Å². The lowest BCUT2D eigenvalue weighted by Crippen LogP contribution is -2.01. The summed E-state index contributed by atoms with van der Waals surface area (Å²) < 4.78 is 10.2. The van der Waals surface area contributed by atoms with E-state index in [1.54, 1.807) is 14.2 Å². The Morgan fingerprint density at radius 2 is 2.08 bits per heavy atom. The van der Waals surface area contributed by atoms with E-state index in [4.69, 9.17) is 21.3 Å². The highest BCUT2D eigenvalue weighted by Crippen LogP contribution is 2.24. The van der Waals surface area contributed by atoms with Crippen molar-refractivity contribution in [2.45, 2.75) is 6.54 Å². The topological polar surface area (TPSA) is 30.5 Å². The number of nitrogens with one attached hydrogen (secondary N) is 1. The van der Waals surface area contributed by atoms with Crippen LogP contribution in [0.2, 0.25) is 0 Å². The van der Waals surface area contributed by atoms with Gasteiger partial charge in [0.05, 0.1) is 14.2 Å². The first kappa shape index (κ1) is 10.2. The first-order chi connectivity index (χ1) is 6.31. The van der Waals surface area contributed by atoms with E-state index >= 15 is 0 Å². The molecule has 0 bridgehead atoms. The normalized spacial score (nSPS) is 9.77. The number of hydrogen-bond donors (Lipinski definition) is 1. The largest absolute Gasteiger partial charge is 0.497 e. The van der Waals surface area contributed by atoms with Crippen LogP contribution in [0.4, 0.5) is 0 Å². The number of hydrogen-bond acceptors (Lipinski definition) is 3. The third kappa shape index (κ3) is 2.50. The Balaban J connectivity index is 2.93. The number of benzene rings is 1. The predicted octanol–water partition coefficient (Wildman–Crippen LogP) is 1.95. The summed E-state index contributed by atoms with van der Waals surface area (Å²) in [6.07, 6.45) is 0. The van der Waals surface area contributed by atoms with Gasteiger partial charge in [0, 0.05) is 18.2 Å². The summed E-state index contributed by atoms with van der Waals surface area (Å²) in [5.41, 5.74) is 0.998. The minimum Gasteiger partial charge on any atom is -0.497 e. The number of ether oxygens (including phenoxy) is 2. The molecule has 72 valence electrons. The number of rotatable bonds is 4. The Bertz CT molecular complexity index is 278. The molecule has 0 spiro atoms. The molecular weight excluding hydrogens is 190 g/mol. The van der Waals surface area contributed by atoms with Gasteiger partial charge in [-0.25, -0.2) is 4.84 Å². The van der Waals surface area contributed by atoms with Crippen molar-refractivity contribution in [1.82, 2.24) is 4.84 Å². The van der Waals surface area contributed by atoms with E-state index in [2.05, 4.69) is 4.84 Å². The first-order valence-corrected chi connectivity index (χ1v) is 4.24. The molecule has 0 saturated heterocycles. The Kier molecular flexibility index (Phi) is 3.86. The molecule has 0 aliphatic rings. The molecule has 1 aromatic rings. The zero-order valence-electron chi connectivity index (χ0n) is 7.63.